The number of hydrogen-bond acceptors (Lipinski definition) is 3. The van der Waals surface area contributed by atoms with Crippen molar-refractivity contribution in [1.29, 1.82) is 5.26 Å². The van der Waals surface area contributed by atoms with Crippen molar-refractivity contribution in [1.82, 2.24) is 4.90 Å². The molecule has 164 valence electrons. The Balaban J connectivity index is 1.43. The van der Waals surface area contributed by atoms with Crippen molar-refractivity contribution in [2.24, 2.45) is 0 Å². The van der Waals surface area contributed by atoms with Crippen LogP contribution in [0.5, 0.6) is 0 Å². The van der Waals surface area contributed by atoms with Crippen LogP contribution >= 0.6 is 11.6 Å². The van der Waals surface area contributed by atoms with Crippen LogP contribution in [0.3, 0.4) is 0 Å². The number of nitrogens with zero attached hydrogens (tertiary/aromatic N) is 2. The molecule has 1 aliphatic heterocycles. The third-order valence-electron chi connectivity index (χ3n) is 6.36. The topological polar surface area (TPSA) is 36.3 Å². The Hall–Kier alpha value is -2.64. The minimum absolute atomic E-state index is 0.202. The van der Waals surface area contributed by atoms with Crippen LogP contribution in [-0.2, 0) is 16.8 Å². The molecule has 3 aromatic carbocycles. The summed E-state index contributed by atoms with van der Waals surface area (Å²) >= 11 is 6.10. The van der Waals surface area contributed by atoms with Gasteiger partial charge in [-0.05, 0) is 54.6 Å². The van der Waals surface area contributed by atoms with Crippen molar-refractivity contribution in [2.45, 2.75) is 37.4 Å². The maximum atomic E-state index is 10.4. The summed E-state index contributed by atoms with van der Waals surface area (Å²) < 4.78 is 6.22. The highest BCUT2D eigenvalue weighted by atomic mass is 35.5. The third kappa shape index (κ3) is 5.40. The van der Waals surface area contributed by atoms with Gasteiger partial charge in [0.1, 0.15) is 5.41 Å². The maximum Gasteiger partial charge on any atom is 0.108 e. The molecule has 0 bridgehead atoms. The van der Waals surface area contributed by atoms with E-state index in [4.69, 9.17) is 16.3 Å². The number of hydrogen-bond donors (Lipinski definition) is 0. The van der Waals surface area contributed by atoms with E-state index in [0.717, 1.165) is 60.6 Å². The molecule has 1 atom stereocenters. The first kappa shape index (κ1) is 22.6. The predicted octanol–water partition coefficient (Wildman–Crippen LogP) is 6.22. The first-order valence-corrected chi connectivity index (χ1v) is 11.7. The summed E-state index contributed by atoms with van der Waals surface area (Å²) in [6.45, 7) is 3.37. The molecule has 3 aromatic rings. The zero-order valence-corrected chi connectivity index (χ0v) is 19.0. The highest BCUT2D eigenvalue weighted by molar-refractivity contribution is 6.30. The molecule has 0 aromatic heterocycles. The van der Waals surface area contributed by atoms with Crippen LogP contribution in [0.2, 0.25) is 5.02 Å². The largest absolute Gasteiger partial charge is 0.372 e. The van der Waals surface area contributed by atoms with E-state index in [2.05, 4.69) is 35.2 Å². The summed E-state index contributed by atoms with van der Waals surface area (Å²) in [5.74, 6) is 0. The maximum absolute atomic E-state index is 10.4. The van der Waals surface area contributed by atoms with Crippen LogP contribution in [0, 0.1) is 11.3 Å². The minimum Gasteiger partial charge on any atom is -0.372 e. The van der Waals surface area contributed by atoms with Gasteiger partial charge in [0.25, 0.3) is 0 Å². The summed E-state index contributed by atoms with van der Waals surface area (Å²) in [7, 11) is 0. The fourth-order valence-corrected chi connectivity index (χ4v) is 4.82. The van der Waals surface area contributed by atoms with Gasteiger partial charge in [-0.15, -0.1) is 0 Å². The second kappa shape index (κ2) is 10.8. The zero-order valence-electron chi connectivity index (χ0n) is 18.3. The number of benzene rings is 3. The minimum atomic E-state index is -0.656. The van der Waals surface area contributed by atoms with Crippen LogP contribution < -0.4 is 0 Å². The van der Waals surface area contributed by atoms with E-state index in [1.807, 2.05) is 60.7 Å². The molecule has 4 heteroatoms. The summed E-state index contributed by atoms with van der Waals surface area (Å²) in [6.07, 6.45) is 3.12. The van der Waals surface area contributed by atoms with Crippen molar-refractivity contribution in [3.05, 3.63) is 107 Å². The fourth-order valence-electron chi connectivity index (χ4n) is 4.60. The third-order valence-corrected chi connectivity index (χ3v) is 6.60. The average molecular weight is 445 g/mol. The zero-order chi connectivity index (χ0) is 22.2. The molecule has 32 heavy (non-hydrogen) atoms. The summed E-state index contributed by atoms with van der Waals surface area (Å²) in [5.41, 5.74) is 2.56. The number of rotatable bonds is 8. The summed E-state index contributed by atoms with van der Waals surface area (Å²) in [6, 6.07) is 30.9. The summed E-state index contributed by atoms with van der Waals surface area (Å²) in [5, 5.41) is 11.1. The second-order valence-corrected chi connectivity index (χ2v) is 8.94. The lowest BCUT2D eigenvalue weighted by atomic mass is 9.73. The normalized spacial score (nSPS) is 17.1. The second-order valence-electron chi connectivity index (χ2n) is 8.50. The van der Waals surface area contributed by atoms with Crippen molar-refractivity contribution < 1.29 is 4.74 Å². The monoisotopic (exact) mass is 444 g/mol. The number of ether oxygens (including phenoxy) is 1. The molecule has 0 N–H and O–H groups in total. The number of halogens is 1. The van der Waals surface area contributed by atoms with E-state index < -0.39 is 5.41 Å². The Bertz CT molecular complexity index is 993. The van der Waals surface area contributed by atoms with E-state index in [1.54, 1.807) is 0 Å². The smallest absolute Gasteiger partial charge is 0.108 e. The molecule has 1 aliphatic rings. The van der Waals surface area contributed by atoms with Crippen LogP contribution in [0.4, 0.5) is 0 Å². The Morgan fingerprint density at radius 3 is 2.28 bits per heavy atom. The molecule has 4 rings (SSSR count). The lowest BCUT2D eigenvalue weighted by Gasteiger charge is -2.35. The van der Waals surface area contributed by atoms with Crippen molar-refractivity contribution >= 4 is 11.6 Å². The van der Waals surface area contributed by atoms with Crippen LogP contribution in [0.1, 0.15) is 36.0 Å². The molecular weight excluding hydrogens is 416 g/mol. The van der Waals surface area contributed by atoms with Crippen molar-refractivity contribution in [3.63, 3.8) is 0 Å². The number of nitriles is 1. The Morgan fingerprint density at radius 2 is 1.66 bits per heavy atom. The lowest BCUT2D eigenvalue weighted by molar-refractivity contribution is -0.0107. The van der Waals surface area contributed by atoms with Crippen LogP contribution in [-0.4, -0.2) is 30.6 Å². The molecule has 0 amide bonds. The van der Waals surface area contributed by atoms with Gasteiger partial charge in [-0.3, -0.25) is 0 Å². The van der Waals surface area contributed by atoms with Gasteiger partial charge in [-0.25, -0.2) is 0 Å². The van der Waals surface area contributed by atoms with Gasteiger partial charge in [0.05, 0.1) is 18.8 Å². The molecule has 1 unspecified atom stereocenters. The van der Waals surface area contributed by atoms with Gasteiger partial charge in [-0.2, -0.15) is 5.26 Å². The molecule has 0 aliphatic carbocycles. The molecule has 3 nitrogen and oxygen atoms in total. The van der Waals surface area contributed by atoms with Crippen molar-refractivity contribution in [3.8, 4) is 6.07 Å². The highest BCUT2D eigenvalue weighted by Gasteiger charge is 2.35. The van der Waals surface area contributed by atoms with Crippen molar-refractivity contribution in [2.75, 3.05) is 19.6 Å². The highest BCUT2D eigenvalue weighted by Crippen LogP contribution is 2.35. The van der Waals surface area contributed by atoms with Gasteiger partial charge < -0.3 is 9.64 Å². The molecule has 1 saturated heterocycles. The Labute approximate surface area is 196 Å². The van der Waals surface area contributed by atoms with Gasteiger partial charge >= 0.3 is 0 Å². The number of likely N-dealkylation sites (tertiary alicyclic amines) is 1. The standard InChI is InChI=1S/C28H29ClN2O/c29-26-14-7-9-23(19-26)21-32-27-15-8-17-31(20-27)18-16-28(22-30,24-10-3-1-4-11-24)25-12-5-2-6-13-25/h1-7,9-14,19,27H,8,15-18,20-21H2. The molecule has 0 radical (unpaired) electrons. The molecule has 1 heterocycles. The van der Waals surface area contributed by atoms with Gasteiger partial charge in [0, 0.05) is 18.1 Å². The van der Waals surface area contributed by atoms with E-state index in [-0.39, 0.29) is 6.10 Å². The first-order valence-electron chi connectivity index (χ1n) is 11.3. The Morgan fingerprint density at radius 1 is 0.969 bits per heavy atom. The fraction of sp³-hybridized carbons (Fsp3) is 0.321. The van der Waals surface area contributed by atoms with Crippen LogP contribution in [0.15, 0.2) is 84.9 Å². The molecule has 0 saturated carbocycles. The summed E-state index contributed by atoms with van der Waals surface area (Å²) in [4.78, 5) is 2.45. The predicted molar refractivity (Wildman–Crippen MR) is 130 cm³/mol. The van der Waals surface area contributed by atoms with Gasteiger partial charge in [0.15, 0.2) is 0 Å². The van der Waals surface area contributed by atoms with Gasteiger partial charge in [0.2, 0.25) is 0 Å². The number of piperidine rings is 1. The quantitative estimate of drug-likeness (QED) is 0.413. The molecule has 0 spiro atoms. The average Bonchev–Trinajstić information content (AvgIpc) is 2.85. The molecular formula is C28H29ClN2O. The Kier molecular flexibility index (Phi) is 7.60. The first-order chi connectivity index (χ1) is 15.7. The van der Waals surface area contributed by atoms with E-state index in [9.17, 15) is 5.26 Å². The van der Waals surface area contributed by atoms with Gasteiger partial charge in [-0.1, -0.05) is 84.4 Å². The van der Waals surface area contributed by atoms with E-state index in [1.165, 1.54) is 0 Å². The SMILES string of the molecule is N#CC(CCN1CCCC(OCc2cccc(Cl)c2)C1)(c1ccccc1)c1ccccc1. The lowest BCUT2D eigenvalue weighted by Crippen LogP contribution is -2.42. The van der Waals surface area contributed by atoms with E-state index in [0.29, 0.717) is 6.61 Å². The van der Waals surface area contributed by atoms with E-state index >= 15 is 0 Å². The molecule has 1 fully saturated rings. The van der Waals surface area contributed by atoms with Crippen LogP contribution in [0.25, 0.3) is 0 Å².